The maximum Gasteiger partial charge on any atom is 0.221 e. The van der Waals surface area contributed by atoms with E-state index in [0.717, 1.165) is 42.9 Å². The molecule has 0 aliphatic carbocycles. The molecule has 0 amide bonds. The third-order valence-electron chi connectivity index (χ3n) is 3.16. The summed E-state index contributed by atoms with van der Waals surface area (Å²) < 4.78 is 5.89. The van der Waals surface area contributed by atoms with Gasteiger partial charge in [-0.25, -0.2) is 15.0 Å². The molecule has 1 N–H and O–H groups in total. The van der Waals surface area contributed by atoms with Crippen LogP contribution in [0.5, 0.6) is 5.88 Å². The van der Waals surface area contributed by atoms with Crippen LogP contribution in [0.4, 0.5) is 5.82 Å². The first-order valence-corrected chi connectivity index (χ1v) is 8.23. The van der Waals surface area contributed by atoms with Crippen molar-refractivity contribution in [3.05, 3.63) is 28.0 Å². The fourth-order valence-electron chi connectivity index (χ4n) is 2.12. The first-order chi connectivity index (χ1) is 10.3. The smallest absolute Gasteiger partial charge is 0.221 e. The first-order valence-electron chi connectivity index (χ1n) is 7.35. The Balaban J connectivity index is 2.04. The lowest BCUT2D eigenvalue weighted by atomic mass is 10.1. The summed E-state index contributed by atoms with van der Waals surface area (Å²) in [5.41, 5.74) is 4.04. The Morgan fingerprint density at radius 2 is 2.05 bits per heavy atom. The van der Waals surface area contributed by atoms with Crippen molar-refractivity contribution in [2.75, 3.05) is 18.5 Å². The van der Waals surface area contributed by atoms with Crippen LogP contribution in [0.3, 0.4) is 0 Å². The van der Waals surface area contributed by atoms with Crippen molar-refractivity contribution in [2.45, 2.75) is 40.0 Å². The molecule has 0 aliphatic rings. The lowest BCUT2D eigenvalue weighted by Gasteiger charge is -2.13. The Hall–Kier alpha value is -1.69. The second-order valence-corrected chi connectivity index (χ2v) is 5.69. The van der Waals surface area contributed by atoms with E-state index in [2.05, 4.69) is 34.1 Å². The highest BCUT2D eigenvalue weighted by Gasteiger charge is 2.12. The van der Waals surface area contributed by atoms with Gasteiger partial charge in [0, 0.05) is 17.8 Å². The second-order valence-electron chi connectivity index (χ2n) is 4.75. The predicted molar refractivity (Wildman–Crippen MR) is 86.2 cm³/mol. The van der Waals surface area contributed by atoms with E-state index in [4.69, 9.17) is 4.74 Å². The molecule has 21 heavy (non-hydrogen) atoms. The minimum Gasteiger partial charge on any atom is -0.477 e. The van der Waals surface area contributed by atoms with Crippen LogP contribution < -0.4 is 10.1 Å². The minimum absolute atomic E-state index is 0.613. The Bertz CT molecular complexity index is 571. The molecule has 0 unspecified atom stereocenters. The van der Waals surface area contributed by atoms with Crippen LogP contribution in [0.25, 0.3) is 0 Å². The lowest BCUT2D eigenvalue weighted by molar-refractivity contribution is 0.306. The molecule has 0 aromatic carbocycles. The summed E-state index contributed by atoms with van der Waals surface area (Å²) in [7, 11) is 0. The number of ether oxygens (including phenoxy) is 1. The Morgan fingerprint density at radius 1 is 1.19 bits per heavy atom. The van der Waals surface area contributed by atoms with Crippen molar-refractivity contribution >= 4 is 17.2 Å². The normalized spacial score (nSPS) is 10.6. The van der Waals surface area contributed by atoms with E-state index in [0.29, 0.717) is 12.5 Å². The summed E-state index contributed by atoms with van der Waals surface area (Å²) >= 11 is 1.67. The molecule has 2 aromatic rings. The van der Waals surface area contributed by atoms with Crippen molar-refractivity contribution in [3.8, 4) is 5.88 Å². The van der Waals surface area contributed by atoms with Crippen LogP contribution in [0, 0.1) is 6.92 Å². The molecule has 2 aromatic heterocycles. The van der Waals surface area contributed by atoms with Crippen molar-refractivity contribution in [3.63, 3.8) is 0 Å². The van der Waals surface area contributed by atoms with E-state index in [1.165, 1.54) is 4.88 Å². The summed E-state index contributed by atoms with van der Waals surface area (Å²) in [6.45, 7) is 7.69. The van der Waals surface area contributed by atoms with Gasteiger partial charge in [0.1, 0.15) is 12.1 Å². The summed E-state index contributed by atoms with van der Waals surface area (Å²) in [5, 5.41) is 3.28. The number of anilines is 1. The highest BCUT2D eigenvalue weighted by atomic mass is 32.1. The average Bonchev–Trinajstić information content (AvgIpc) is 2.88. The van der Waals surface area contributed by atoms with E-state index in [1.54, 1.807) is 17.7 Å². The fourth-order valence-corrected chi connectivity index (χ4v) is 2.88. The zero-order chi connectivity index (χ0) is 15.1. The number of aromatic nitrogens is 3. The summed E-state index contributed by atoms with van der Waals surface area (Å²) in [6.07, 6.45) is 4.38. The largest absolute Gasteiger partial charge is 0.477 e. The molecule has 0 spiro atoms. The Morgan fingerprint density at radius 3 is 2.71 bits per heavy atom. The van der Waals surface area contributed by atoms with Gasteiger partial charge in [0.25, 0.3) is 0 Å². The number of nitrogens with zero attached hydrogens (tertiary/aromatic N) is 3. The van der Waals surface area contributed by atoms with Crippen molar-refractivity contribution in [1.29, 1.82) is 0 Å². The lowest BCUT2D eigenvalue weighted by Crippen LogP contribution is -2.09. The van der Waals surface area contributed by atoms with E-state index in [-0.39, 0.29) is 0 Å². The summed E-state index contributed by atoms with van der Waals surface area (Å²) in [4.78, 5) is 14.1. The number of hydrogen-bond acceptors (Lipinski definition) is 6. The molecule has 114 valence electrons. The Labute approximate surface area is 129 Å². The number of nitrogens with one attached hydrogen (secondary N) is 1. The second kappa shape index (κ2) is 7.93. The van der Waals surface area contributed by atoms with Gasteiger partial charge in [-0.05, 0) is 20.3 Å². The molecule has 6 heteroatoms. The van der Waals surface area contributed by atoms with Gasteiger partial charge in [-0.1, -0.05) is 13.3 Å². The highest BCUT2D eigenvalue weighted by molar-refractivity contribution is 7.09. The maximum atomic E-state index is 5.89. The number of thiazole rings is 1. The van der Waals surface area contributed by atoms with Crippen LogP contribution in [0.15, 0.2) is 11.8 Å². The molecule has 2 rings (SSSR count). The van der Waals surface area contributed by atoms with Crippen LogP contribution in [0.1, 0.15) is 36.4 Å². The number of rotatable bonds is 8. The van der Waals surface area contributed by atoms with E-state index >= 15 is 0 Å². The standard InChI is InChI=1S/C15H22N4OS/c1-4-6-12-14(16-5-2)17-9-18-15(12)20-8-7-13-11(3)19-10-21-13/h9-10H,4-8H2,1-3H3,(H,16,17,18). The molecule has 0 radical (unpaired) electrons. The molecular weight excluding hydrogens is 284 g/mol. The fraction of sp³-hybridized carbons (Fsp3) is 0.533. The third kappa shape index (κ3) is 4.14. The molecule has 5 nitrogen and oxygen atoms in total. The minimum atomic E-state index is 0.613. The molecule has 0 saturated heterocycles. The van der Waals surface area contributed by atoms with E-state index in [9.17, 15) is 0 Å². The maximum absolute atomic E-state index is 5.89. The molecule has 2 heterocycles. The Kier molecular flexibility index (Phi) is 5.92. The first kappa shape index (κ1) is 15.7. The van der Waals surface area contributed by atoms with Gasteiger partial charge in [-0.2, -0.15) is 0 Å². The zero-order valence-electron chi connectivity index (χ0n) is 12.8. The predicted octanol–water partition coefficient (Wildman–Crippen LogP) is 3.25. The van der Waals surface area contributed by atoms with Crippen molar-refractivity contribution < 1.29 is 4.74 Å². The molecule has 0 saturated carbocycles. The summed E-state index contributed by atoms with van der Waals surface area (Å²) in [5.74, 6) is 1.59. The van der Waals surface area contributed by atoms with Gasteiger partial charge in [0.2, 0.25) is 5.88 Å². The van der Waals surface area contributed by atoms with Crippen molar-refractivity contribution in [1.82, 2.24) is 15.0 Å². The van der Waals surface area contributed by atoms with Gasteiger partial charge in [-0.15, -0.1) is 11.3 Å². The van der Waals surface area contributed by atoms with Gasteiger partial charge < -0.3 is 10.1 Å². The molecule has 0 atom stereocenters. The molecular formula is C15H22N4OS. The van der Waals surface area contributed by atoms with Gasteiger partial charge in [-0.3, -0.25) is 0 Å². The monoisotopic (exact) mass is 306 g/mol. The average molecular weight is 306 g/mol. The van der Waals surface area contributed by atoms with E-state index < -0.39 is 0 Å². The quantitative estimate of drug-likeness (QED) is 0.811. The number of hydrogen-bond donors (Lipinski definition) is 1. The van der Waals surface area contributed by atoms with E-state index in [1.807, 2.05) is 12.4 Å². The van der Waals surface area contributed by atoms with Crippen LogP contribution in [-0.2, 0) is 12.8 Å². The van der Waals surface area contributed by atoms with Crippen LogP contribution in [-0.4, -0.2) is 28.1 Å². The topological polar surface area (TPSA) is 59.9 Å². The molecule has 0 aliphatic heterocycles. The van der Waals surface area contributed by atoms with Crippen molar-refractivity contribution in [2.24, 2.45) is 0 Å². The molecule has 0 bridgehead atoms. The van der Waals surface area contributed by atoms with Gasteiger partial charge in [0.15, 0.2) is 0 Å². The van der Waals surface area contributed by atoms with Gasteiger partial charge in [0.05, 0.1) is 23.4 Å². The SMILES string of the molecule is CCCc1c(NCC)ncnc1OCCc1scnc1C. The van der Waals surface area contributed by atoms with Crippen LogP contribution >= 0.6 is 11.3 Å². The zero-order valence-corrected chi connectivity index (χ0v) is 13.7. The molecule has 0 fully saturated rings. The third-order valence-corrected chi connectivity index (χ3v) is 4.16. The highest BCUT2D eigenvalue weighted by Crippen LogP contribution is 2.24. The summed E-state index contributed by atoms with van der Waals surface area (Å²) in [6, 6.07) is 0. The van der Waals surface area contributed by atoms with Gasteiger partial charge >= 0.3 is 0 Å². The van der Waals surface area contributed by atoms with Crippen LogP contribution in [0.2, 0.25) is 0 Å². The number of aryl methyl sites for hydroxylation is 1.